The number of hydrogen-bond acceptors (Lipinski definition) is 2. The first kappa shape index (κ1) is 17.9. The van der Waals surface area contributed by atoms with Gasteiger partial charge in [-0.15, -0.1) is 0 Å². The van der Waals surface area contributed by atoms with Crippen LogP contribution in [0.4, 0.5) is 10.1 Å². The normalized spacial score (nSPS) is 13.0. The SMILES string of the molecule is C[C@H](C(=O)Nc1ccccc1C#N)[NH+](C)Cc1c(F)cccc1Cl. The van der Waals surface area contributed by atoms with Gasteiger partial charge in [-0.25, -0.2) is 4.39 Å². The Labute approximate surface area is 145 Å². The lowest BCUT2D eigenvalue weighted by Gasteiger charge is -2.22. The van der Waals surface area contributed by atoms with Crippen LogP contribution in [0.5, 0.6) is 0 Å². The van der Waals surface area contributed by atoms with E-state index in [4.69, 9.17) is 16.9 Å². The van der Waals surface area contributed by atoms with Gasteiger partial charge in [-0.1, -0.05) is 29.8 Å². The fraction of sp³-hybridized carbons (Fsp3) is 0.222. The monoisotopic (exact) mass is 346 g/mol. The summed E-state index contributed by atoms with van der Waals surface area (Å²) in [5, 5.41) is 12.2. The zero-order valence-corrected chi connectivity index (χ0v) is 14.2. The number of hydrogen-bond donors (Lipinski definition) is 2. The van der Waals surface area contributed by atoms with E-state index in [-0.39, 0.29) is 18.3 Å². The average molecular weight is 347 g/mol. The minimum atomic E-state index is -0.451. The summed E-state index contributed by atoms with van der Waals surface area (Å²) in [6.07, 6.45) is 0. The number of benzene rings is 2. The molecule has 124 valence electrons. The van der Waals surface area contributed by atoms with E-state index in [1.165, 1.54) is 6.07 Å². The van der Waals surface area contributed by atoms with Gasteiger partial charge in [0.05, 0.1) is 28.9 Å². The maximum Gasteiger partial charge on any atom is 0.282 e. The van der Waals surface area contributed by atoms with Crippen molar-refractivity contribution in [2.24, 2.45) is 0 Å². The summed E-state index contributed by atoms with van der Waals surface area (Å²) in [5.74, 6) is -0.632. The van der Waals surface area contributed by atoms with Crippen LogP contribution in [0.25, 0.3) is 0 Å². The van der Waals surface area contributed by atoms with Crippen molar-refractivity contribution in [3.05, 3.63) is 64.4 Å². The highest BCUT2D eigenvalue weighted by atomic mass is 35.5. The lowest BCUT2D eigenvalue weighted by Crippen LogP contribution is -3.12. The van der Waals surface area contributed by atoms with Gasteiger partial charge in [-0.05, 0) is 31.2 Å². The largest absolute Gasteiger partial charge is 0.323 e. The summed E-state index contributed by atoms with van der Waals surface area (Å²) >= 11 is 6.04. The molecule has 0 saturated carbocycles. The number of anilines is 1. The molecule has 2 atom stereocenters. The zero-order valence-electron chi connectivity index (χ0n) is 13.4. The van der Waals surface area contributed by atoms with Gasteiger partial charge in [-0.2, -0.15) is 5.26 Å². The Bertz CT molecular complexity index is 768. The second-order valence-corrected chi connectivity index (χ2v) is 6.00. The van der Waals surface area contributed by atoms with Gasteiger partial charge in [0.25, 0.3) is 5.91 Å². The molecule has 2 rings (SSSR count). The molecule has 1 amide bonds. The van der Waals surface area contributed by atoms with Crippen LogP contribution in [0.1, 0.15) is 18.1 Å². The van der Waals surface area contributed by atoms with Crippen molar-refractivity contribution in [2.45, 2.75) is 19.5 Å². The summed E-state index contributed by atoms with van der Waals surface area (Å²) in [7, 11) is 1.79. The summed E-state index contributed by atoms with van der Waals surface area (Å²) in [6.45, 7) is 2.02. The van der Waals surface area contributed by atoms with Crippen LogP contribution in [0, 0.1) is 17.1 Å². The van der Waals surface area contributed by atoms with Gasteiger partial charge in [0.15, 0.2) is 6.04 Å². The standard InChI is InChI=1S/C18H17ClFN3O/c1-12(18(24)22-17-9-4-3-6-13(17)10-21)23(2)11-14-15(19)7-5-8-16(14)20/h3-9,12H,11H2,1-2H3,(H,22,24)/p+1/t12-/m1/s1. The van der Waals surface area contributed by atoms with Crippen molar-refractivity contribution in [1.82, 2.24) is 0 Å². The first-order chi connectivity index (χ1) is 11.4. The predicted molar refractivity (Wildman–Crippen MR) is 91.2 cm³/mol. The quantitative estimate of drug-likeness (QED) is 0.873. The van der Waals surface area contributed by atoms with E-state index in [9.17, 15) is 9.18 Å². The van der Waals surface area contributed by atoms with Gasteiger partial charge in [0, 0.05) is 0 Å². The molecule has 4 nitrogen and oxygen atoms in total. The first-order valence-electron chi connectivity index (χ1n) is 7.49. The molecule has 6 heteroatoms. The van der Waals surface area contributed by atoms with Gasteiger partial charge in [0.1, 0.15) is 18.4 Å². The van der Waals surface area contributed by atoms with E-state index in [1.807, 2.05) is 6.07 Å². The molecule has 24 heavy (non-hydrogen) atoms. The molecule has 0 heterocycles. The van der Waals surface area contributed by atoms with Crippen molar-refractivity contribution >= 4 is 23.2 Å². The summed E-state index contributed by atoms with van der Waals surface area (Å²) in [6, 6.07) is 12.9. The number of carbonyl (C=O) groups excluding carboxylic acids is 1. The van der Waals surface area contributed by atoms with Crippen molar-refractivity contribution < 1.29 is 14.1 Å². The molecule has 2 N–H and O–H groups in total. The number of nitrogens with zero attached hydrogens (tertiary/aromatic N) is 1. The van der Waals surface area contributed by atoms with E-state index in [0.29, 0.717) is 21.8 Å². The average Bonchev–Trinajstić information content (AvgIpc) is 2.57. The predicted octanol–water partition coefficient (Wildman–Crippen LogP) is 2.39. The zero-order chi connectivity index (χ0) is 17.7. The molecule has 0 fully saturated rings. The number of rotatable bonds is 5. The summed E-state index contributed by atoms with van der Waals surface area (Å²) < 4.78 is 13.9. The van der Waals surface area contributed by atoms with Crippen molar-refractivity contribution in [2.75, 3.05) is 12.4 Å². The van der Waals surface area contributed by atoms with Gasteiger partial charge < -0.3 is 10.2 Å². The second-order valence-electron chi connectivity index (χ2n) is 5.59. The topological polar surface area (TPSA) is 57.3 Å². The maximum atomic E-state index is 13.9. The molecule has 0 bridgehead atoms. The van der Waals surface area contributed by atoms with Gasteiger partial charge in [0.2, 0.25) is 0 Å². The van der Waals surface area contributed by atoms with Crippen molar-refractivity contribution in [1.29, 1.82) is 5.26 Å². The highest BCUT2D eigenvalue weighted by molar-refractivity contribution is 6.31. The van der Waals surface area contributed by atoms with Crippen LogP contribution in [0.3, 0.4) is 0 Å². The third kappa shape index (κ3) is 4.10. The number of likely N-dealkylation sites (N-methyl/N-ethyl adjacent to an activating group) is 1. The number of quaternary nitrogens is 1. The fourth-order valence-electron chi connectivity index (χ4n) is 2.29. The summed E-state index contributed by atoms with van der Waals surface area (Å²) in [4.78, 5) is 13.2. The molecule has 1 unspecified atom stereocenters. The smallest absolute Gasteiger partial charge is 0.282 e. The van der Waals surface area contributed by atoms with Crippen LogP contribution < -0.4 is 10.2 Å². The van der Waals surface area contributed by atoms with E-state index >= 15 is 0 Å². The van der Waals surface area contributed by atoms with Crippen LogP contribution >= 0.6 is 11.6 Å². The Morgan fingerprint density at radius 2 is 2.04 bits per heavy atom. The number of carbonyl (C=O) groups is 1. The van der Waals surface area contributed by atoms with Gasteiger partial charge in [-0.3, -0.25) is 4.79 Å². The van der Waals surface area contributed by atoms with Gasteiger partial charge >= 0.3 is 0 Å². The van der Waals surface area contributed by atoms with Crippen LogP contribution in [-0.2, 0) is 11.3 Å². The Hall–Kier alpha value is -2.42. The fourth-order valence-corrected chi connectivity index (χ4v) is 2.52. The Kier molecular flexibility index (Phi) is 5.91. The molecule has 0 aliphatic heterocycles. The number of para-hydroxylation sites is 1. The lowest BCUT2D eigenvalue weighted by atomic mass is 10.1. The molecular weight excluding hydrogens is 329 g/mol. The Balaban J connectivity index is 2.09. The molecule has 2 aromatic carbocycles. The molecule has 0 aliphatic carbocycles. The lowest BCUT2D eigenvalue weighted by molar-refractivity contribution is -0.908. The highest BCUT2D eigenvalue weighted by Gasteiger charge is 2.24. The van der Waals surface area contributed by atoms with Crippen LogP contribution in [0.2, 0.25) is 5.02 Å². The maximum absolute atomic E-state index is 13.9. The van der Waals surface area contributed by atoms with E-state index in [0.717, 1.165) is 4.90 Å². The third-order valence-electron chi connectivity index (χ3n) is 3.96. The van der Waals surface area contributed by atoms with Crippen molar-refractivity contribution in [3.8, 4) is 6.07 Å². The summed E-state index contributed by atoms with van der Waals surface area (Å²) in [5.41, 5.74) is 1.25. The number of nitrogens with one attached hydrogen (secondary N) is 2. The highest BCUT2D eigenvalue weighted by Crippen LogP contribution is 2.18. The first-order valence-corrected chi connectivity index (χ1v) is 7.87. The molecule has 2 aromatic rings. The van der Waals surface area contributed by atoms with E-state index in [1.54, 1.807) is 50.4 Å². The molecular formula is C18H18ClFN3O+. The number of halogens is 2. The van der Waals surface area contributed by atoms with Crippen LogP contribution in [-0.4, -0.2) is 19.0 Å². The minimum absolute atomic E-state index is 0.248. The Morgan fingerprint density at radius 1 is 1.33 bits per heavy atom. The van der Waals surface area contributed by atoms with E-state index in [2.05, 4.69) is 5.32 Å². The number of amides is 1. The molecule has 0 saturated heterocycles. The molecule has 0 spiro atoms. The van der Waals surface area contributed by atoms with E-state index < -0.39 is 6.04 Å². The number of nitriles is 1. The molecule has 0 aromatic heterocycles. The van der Waals surface area contributed by atoms with Crippen LogP contribution in [0.15, 0.2) is 42.5 Å². The second kappa shape index (κ2) is 7.91. The Morgan fingerprint density at radius 3 is 2.71 bits per heavy atom. The third-order valence-corrected chi connectivity index (χ3v) is 4.31. The molecule has 0 aliphatic rings. The minimum Gasteiger partial charge on any atom is -0.323 e. The molecule has 0 radical (unpaired) electrons. The van der Waals surface area contributed by atoms with Crippen molar-refractivity contribution in [3.63, 3.8) is 0 Å².